The van der Waals surface area contributed by atoms with Gasteiger partial charge >= 0.3 is 0 Å². The lowest BCUT2D eigenvalue weighted by Crippen LogP contribution is -2.23. The largest absolute Gasteiger partial charge is 0.493 e. The molecule has 0 fully saturated rings. The number of hydrogen-bond donors (Lipinski definition) is 1. The zero-order valence-electron chi connectivity index (χ0n) is 15.9. The number of amides is 1. The quantitative estimate of drug-likeness (QED) is 0.657. The van der Waals surface area contributed by atoms with Gasteiger partial charge in [0.05, 0.1) is 13.7 Å². The molecule has 0 atom stereocenters. The van der Waals surface area contributed by atoms with E-state index in [0.717, 1.165) is 17.1 Å². The number of carbonyl (C=O) groups is 1. The van der Waals surface area contributed by atoms with Crippen LogP contribution < -0.4 is 14.8 Å². The smallest absolute Gasteiger partial charge is 0.221 e. The van der Waals surface area contributed by atoms with Gasteiger partial charge in [0, 0.05) is 23.6 Å². The summed E-state index contributed by atoms with van der Waals surface area (Å²) in [5, 5.41) is 2.96. The van der Waals surface area contributed by atoms with Crippen molar-refractivity contribution in [3.63, 3.8) is 0 Å². The zero-order valence-corrected chi connectivity index (χ0v) is 16.7. The Labute approximate surface area is 160 Å². The van der Waals surface area contributed by atoms with Gasteiger partial charge in [-0.05, 0) is 61.7 Å². The van der Waals surface area contributed by atoms with E-state index in [1.165, 1.54) is 16.0 Å². The van der Waals surface area contributed by atoms with E-state index in [1.54, 1.807) is 18.9 Å². The highest BCUT2D eigenvalue weighted by Crippen LogP contribution is 2.28. The van der Waals surface area contributed by atoms with Crippen LogP contribution in [0.5, 0.6) is 11.5 Å². The molecule has 0 heterocycles. The van der Waals surface area contributed by atoms with Crippen LogP contribution in [0.1, 0.15) is 30.0 Å². The maximum absolute atomic E-state index is 12.1. The Hall–Kier alpha value is -2.14. The lowest BCUT2D eigenvalue weighted by atomic mass is 10.1. The molecule has 0 saturated heterocycles. The Morgan fingerprint density at radius 3 is 2.58 bits per heavy atom. The van der Waals surface area contributed by atoms with Crippen molar-refractivity contribution in [1.82, 2.24) is 5.32 Å². The SMILES string of the molecule is CCOc1ccc(CNC(=O)CCSc2ccc(C)c(C)c2)cc1OC. The molecule has 0 bridgehead atoms. The summed E-state index contributed by atoms with van der Waals surface area (Å²) in [7, 11) is 1.62. The second-order valence-corrected chi connectivity index (χ2v) is 7.21. The Balaban J connectivity index is 1.78. The van der Waals surface area contributed by atoms with Gasteiger partial charge in [0.15, 0.2) is 11.5 Å². The Morgan fingerprint density at radius 1 is 1.08 bits per heavy atom. The number of thioether (sulfide) groups is 1. The molecule has 0 spiro atoms. The molecule has 5 heteroatoms. The summed E-state index contributed by atoms with van der Waals surface area (Å²) in [5.74, 6) is 2.22. The van der Waals surface area contributed by atoms with Gasteiger partial charge in [0.2, 0.25) is 5.91 Å². The average molecular weight is 374 g/mol. The molecule has 0 aromatic heterocycles. The molecule has 0 saturated carbocycles. The number of hydrogen-bond acceptors (Lipinski definition) is 4. The molecule has 26 heavy (non-hydrogen) atoms. The summed E-state index contributed by atoms with van der Waals surface area (Å²) in [6.07, 6.45) is 0.492. The molecule has 1 N–H and O–H groups in total. The minimum atomic E-state index is 0.0502. The number of aryl methyl sites for hydroxylation is 2. The van der Waals surface area contributed by atoms with Crippen LogP contribution in [-0.2, 0) is 11.3 Å². The third-order valence-electron chi connectivity index (χ3n) is 4.09. The van der Waals surface area contributed by atoms with Gasteiger partial charge in [-0.1, -0.05) is 12.1 Å². The first kappa shape index (κ1) is 20.2. The van der Waals surface area contributed by atoms with Crippen LogP contribution in [0.15, 0.2) is 41.3 Å². The summed E-state index contributed by atoms with van der Waals surface area (Å²) in [6.45, 7) is 7.22. The number of carbonyl (C=O) groups excluding carboxylic acids is 1. The van der Waals surface area contributed by atoms with Crippen molar-refractivity contribution in [3.8, 4) is 11.5 Å². The highest BCUT2D eigenvalue weighted by molar-refractivity contribution is 7.99. The standard InChI is InChI=1S/C21H27NO3S/c1-5-25-19-9-7-17(13-20(19)24-4)14-22-21(23)10-11-26-18-8-6-15(2)16(3)12-18/h6-9,12-13H,5,10-11,14H2,1-4H3,(H,22,23). The second-order valence-electron chi connectivity index (χ2n) is 6.04. The zero-order chi connectivity index (χ0) is 18.9. The first-order chi connectivity index (χ1) is 12.5. The topological polar surface area (TPSA) is 47.6 Å². The van der Waals surface area contributed by atoms with Crippen LogP contribution in [0.25, 0.3) is 0 Å². The van der Waals surface area contributed by atoms with Crippen molar-refractivity contribution in [2.75, 3.05) is 19.5 Å². The van der Waals surface area contributed by atoms with Crippen molar-refractivity contribution in [2.45, 2.75) is 38.6 Å². The predicted molar refractivity (Wildman–Crippen MR) is 107 cm³/mol. The molecule has 0 unspecified atom stereocenters. The molecule has 1 amide bonds. The fourth-order valence-electron chi connectivity index (χ4n) is 2.45. The predicted octanol–water partition coefficient (Wildman–Crippen LogP) is 4.51. The number of rotatable bonds is 9. The summed E-state index contributed by atoms with van der Waals surface area (Å²) in [6, 6.07) is 12.1. The Kier molecular flexibility index (Phi) is 7.85. The number of ether oxygens (including phenoxy) is 2. The van der Waals surface area contributed by atoms with Gasteiger partial charge in [-0.2, -0.15) is 0 Å². The molecule has 0 radical (unpaired) electrons. The van der Waals surface area contributed by atoms with Crippen molar-refractivity contribution in [2.24, 2.45) is 0 Å². The van der Waals surface area contributed by atoms with E-state index in [4.69, 9.17) is 9.47 Å². The van der Waals surface area contributed by atoms with Crippen molar-refractivity contribution in [3.05, 3.63) is 53.1 Å². The molecule has 2 rings (SSSR count). The molecule has 2 aromatic carbocycles. The molecule has 0 aliphatic rings. The van der Waals surface area contributed by atoms with Gasteiger partial charge < -0.3 is 14.8 Å². The molecule has 0 aliphatic carbocycles. The van der Waals surface area contributed by atoms with Crippen molar-refractivity contribution in [1.29, 1.82) is 0 Å². The molecule has 4 nitrogen and oxygen atoms in total. The van der Waals surface area contributed by atoms with Crippen LogP contribution in [0.3, 0.4) is 0 Å². The highest BCUT2D eigenvalue weighted by Gasteiger charge is 2.07. The third-order valence-corrected chi connectivity index (χ3v) is 5.09. The van der Waals surface area contributed by atoms with Crippen LogP contribution in [0.4, 0.5) is 0 Å². The summed E-state index contributed by atoms with van der Waals surface area (Å²) < 4.78 is 10.8. The van der Waals surface area contributed by atoms with Crippen LogP contribution in [0.2, 0.25) is 0 Å². The van der Waals surface area contributed by atoms with E-state index in [1.807, 2.05) is 25.1 Å². The van der Waals surface area contributed by atoms with Gasteiger partial charge in [0.1, 0.15) is 0 Å². The molecule has 140 valence electrons. The van der Waals surface area contributed by atoms with Gasteiger partial charge in [0.25, 0.3) is 0 Å². The lowest BCUT2D eigenvalue weighted by Gasteiger charge is -2.11. The Morgan fingerprint density at radius 2 is 1.88 bits per heavy atom. The van der Waals surface area contributed by atoms with Crippen LogP contribution >= 0.6 is 11.8 Å². The minimum Gasteiger partial charge on any atom is -0.493 e. The summed E-state index contributed by atoms with van der Waals surface area (Å²) in [4.78, 5) is 13.3. The van der Waals surface area contributed by atoms with Gasteiger partial charge in [-0.3, -0.25) is 4.79 Å². The fraction of sp³-hybridized carbons (Fsp3) is 0.381. The minimum absolute atomic E-state index is 0.0502. The molecule has 2 aromatic rings. The van der Waals surface area contributed by atoms with Gasteiger partial charge in [-0.15, -0.1) is 11.8 Å². The number of benzene rings is 2. The van der Waals surface area contributed by atoms with E-state index < -0.39 is 0 Å². The first-order valence-corrected chi connectivity index (χ1v) is 9.78. The Bertz CT molecular complexity index is 746. The highest BCUT2D eigenvalue weighted by atomic mass is 32.2. The monoisotopic (exact) mass is 373 g/mol. The first-order valence-electron chi connectivity index (χ1n) is 8.80. The molecule has 0 aliphatic heterocycles. The van der Waals surface area contributed by atoms with E-state index in [0.29, 0.717) is 25.3 Å². The van der Waals surface area contributed by atoms with E-state index in [-0.39, 0.29) is 5.91 Å². The summed E-state index contributed by atoms with van der Waals surface area (Å²) >= 11 is 1.71. The van der Waals surface area contributed by atoms with Crippen LogP contribution in [-0.4, -0.2) is 25.4 Å². The van der Waals surface area contributed by atoms with E-state index >= 15 is 0 Å². The lowest BCUT2D eigenvalue weighted by molar-refractivity contribution is -0.120. The third kappa shape index (κ3) is 5.99. The van der Waals surface area contributed by atoms with Gasteiger partial charge in [-0.25, -0.2) is 0 Å². The average Bonchev–Trinajstić information content (AvgIpc) is 2.64. The van der Waals surface area contributed by atoms with Crippen LogP contribution in [0, 0.1) is 13.8 Å². The maximum Gasteiger partial charge on any atom is 0.221 e. The second kappa shape index (κ2) is 10.1. The number of nitrogens with one attached hydrogen (secondary N) is 1. The fourth-order valence-corrected chi connectivity index (χ4v) is 3.40. The van der Waals surface area contributed by atoms with E-state index in [2.05, 4.69) is 37.4 Å². The normalized spacial score (nSPS) is 10.5. The van der Waals surface area contributed by atoms with Crippen molar-refractivity contribution < 1.29 is 14.3 Å². The van der Waals surface area contributed by atoms with E-state index in [9.17, 15) is 4.79 Å². The molecular formula is C21H27NO3S. The molecular weight excluding hydrogens is 346 g/mol. The van der Waals surface area contributed by atoms with Crippen molar-refractivity contribution >= 4 is 17.7 Å². The number of methoxy groups -OCH3 is 1. The summed E-state index contributed by atoms with van der Waals surface area (Å²) in [5.41, 5.74) is 3.56. The maximum atomic E-state index is 12.1.